The van der Waals surface area contributed by atoms with Gasteiger partial charge in [0, 0.05) is 11.9 Å². The lowest BCUT2D eigenvalue weighted by Crippen LogP contribution is -2.54. The second kappa shape index (κ2) is 6.69. The third kappa shape index (κ3) is 3.13. The number of hydrogen-bond donors (Lipinski definition) is 2. The van der Waals surface area contributed by atoms with Gasteiger partial charge in [-0.05, 0) is 69.3 Å². The topological polar surface area (TPSA) is 84.1 Å². The van der Waals surface area contributed by atoms with E-state index in [9.17, 15) is 9.59 Å². The second-order valence-corrected chi connectivity index (χ2v) is 9.19. The van der Waals surface area contributed by atoms with Crippen molar-refractivity contribution in [1.82, 2.24) is 15.5 Å². The first-order valence-electron chi connectivity index (χ1n) is 10.4. The maximum atomic E-state index is 12.7. The highest BCUT2D eigenvalue weighted by Gasteiger charge is 2.52. The van der Waals surface area contributed by atoms with Crippen LogP contribution in [0.2, 0.25) is 0 Å². The highest BCUT2D eigenvalue weighted by Crippen LogP contribution is 2.57. The maximum Gasteiger partial charge on any atom is 0.272 e. The first kappa shape index (κ1) is 17.9. The summed E-state index contributed by atoms with van der Waals surface area (Å²) in [6.07, 6.45) is 7.67. The van der Waals surface area contributed by atoms with E-state index in [2.05, 4.69) is 15.5 Å². The number of rotatable bonds is 5. The molecule has 4 aliphatic carbocycles. The van der Waals surface area contributed by atoms with Crippen molar-refractivity contribution in [3.05, 3.63) is 40.3 Å². The Labute approximate surface area is 164 Å². The van der Waals surface area contributed by atoms with E-state index in [1.165, 1.54) is 38.5 Å². The van der Waals surface area contributed by atoms with Crippen LogP contribution >= 0.6 is 0 Å². The second-order valence-electron chi connectivity index (χ2n) is 9.19. The summed E-state index contributed by atoms with van der Waals surface area (Å²) in [4.78, 5) is 24.6. The summed E-state index contributed by atoms with van der Waals surface area (Å²) in [5, 5.41) is 10.4. The molecule has 2 N–H and O–H groups in total. The van der Waals surface area contributed by atoms with Crippen molar-refractivity contribution < 1.29 is 9.53 Å². The molecule has 6 heteroatoms. The standard InChI is InChI=1S/C22H27N3O3/c1-13(28-22-9-14-6-15(10-22)8-16(7-14)11-22)12-23-21(27)19-17-4-2-3-5-18(17)20(26)25-24-19/h2-5,13-16H,6-12H2,1H3,(H,23,27)(H,25,26)/t13-,14?,15?,16?,22?/m0/s1. The molecule has 1 aromatic carbocycles. The van der Waals surface area contributed by atoms with E-state index in [0.717, 1.165) is 17.8 Å². The van der Waals surface area contributed by atoms with Crippen LogP contribution in [0.3, 0.4) is 0 Å². The molecule has 0 aliphatic heterocycles. The summed E-state index contributed by atoms with van der Waals surface area (Å²) in [5.74, 6) is 2.23. The fourth-order valence-electron chi connectivity index (χ4n) is 6.25. The van der Waals surface area contributed by atoms with Crippen molar-refractivity contribution in [2.24, 2.45) is 17.8 Å². The van der Waals surface area contributed by atoms with Gasteiger partial charge in [-0.25, -0.2) is 5.10 Å². The van der Waals surface area contributed by atoms with E-state index in [-0.39, 0.29) is 28.9 Å². The van der Waals surface area contributed by atoms with E-state index in [1.54, 1.807) is 24.3 Å². The number of aromatic nitrogens is 2. The van der Waals surface area contributed by atoms with Crippen LogP contribution in [0.25, 0.3) is 10.8 Å². The minimum absolute atomic E-state index is 0.0296. The van der Waals surface area contributed by atoms with Crippen LogP contribution in [-0.2, 0) is 4.74 Å². The molecule has 1 atom stereocenters. The molecular formula is C22H27N3O3. The fourth-order valence-corrected chi connectivity index (χ4v) is 6.25. The van der Waals surface area contributed by atoms with Gasteiger partial charge in [0.1, 0.15) is 0 Å². The molecule has 4 bridgehead atoms. The lowest BCUT2D eigenvalue weighted by atomic mass is 9.54. The van der Waals surface area contributed by atoms with Gasteiger partial charge in [-0.15, -0.1) is 0 Å². The fraction of sp³-hybridized carbons (Fsp3) is 0.591. The van der Waals surface area contributed by atoms with Gasteiger partial charge >= 0.3 is 0 Å². The van der Waals surface area contributed by atoms with Gasteiger partial charge in [-0.3, -0.25) is 9.59 Å². The molecule has 6 nitrogen and oxygen atoms in total. The smallest absolute Gasteiger partial charge is 0.272 e. The number of carbonyl (C=O) groups excluding carboxylic acids is 1. The molecule has 1 amide bonds. The molecule has 4 saturated carbocycles. The number of nitrogens with one attached hydrogen (secondary N) is 2. The van der Waals surface area contributed by atoms with Crippen molar-refractivity contribution in [3.63, 3.8) is 0 Å². The molecule has 0 spiro atoms. The zero-order valence-corrected chi connectivity index (χ0v) is 16.2. The molecule has 0 radical (unpaired) electrons. The predicted octanol–water partition coefficient (Wildman–Crippen LogP) is 3.03. The SMILES string of the molecule is C[C@@H](CNC(=O)c1n[nH]c(=O)c2ccccc12)OC12CC3CC(CC(C3)C1)C2. The molecule has 0 saturated heterocycles. The lowest BCUT2D eigenvalue weighted by Gasteiger charge is -2.57. The summed E-state index contributed by atoms with van der Waals surface area (Å²) in [5.41, 5.74) is -0.00942. The van der Waals surface area contributed by atoms with E-state index >= 15 is 0 Å². The molecule has 4 aliphatic rings. The predicted molar refractivity (Wildman–Crippen MR) is 106 cm³/mol. The van der Waals surface area contributed by atoms with Crippen LogP contribution in [0.15, 0.2) is 29.1 Å². The Morgan fingerprint density at radius 3 is 2.43 bits per heavy atom. The minimum Gasteiger partial charge on any atom is -0.370 e. The summed E-state index contributed by atoms with van der Waals surface area (Å²) < 4.78 is 6.55. The van der Waals surface area contributed by atoms with Gasteiger partial charge < -0.3 is 10.1 Å². The first-order valence-corrected chi connectivity index (χ1v) is 10.4. The number of carbonyl (C=O) groups is 1. The number of H-pyrrole nitrogens is 1. The summed E-state index contributed by atoms with van der Waals surface area (Å²) in [7, 11) is 0. The third-order valence-corrected chi connectivity index (χ3v) is 6.89. The molecular weight excluding hydrogens is 354 g/mol. The van der Waals surface area contributed by atoms with Gasteiger partial charge in [0.05, 0.1) is 17.1 Å². The Morgan fingerprint density at radius 1 is 1.18 bits per heavy atom. The lowest BCUT2D eigenvalue weighted by molar-refractivity contribution is -0.182. The van der Waals surface area contributed by atoms with E-state index < -0.39 is 0 Å². The van der Waals surface area contributed by atoms with Gasteiger partial charge in [0.15, 0.2) is 5.69 Å². The summed E-state index contributed by atoms with van der Waals surface area (Å²) in [6, 6.07) is 7.03. The monoisotopic (exact) mass is 381 g/mol. The maximum absolute atomic E-state index is 12.7. The molecule has 28 heavy (non-hydrogen) atoms. The number of nitrogens with zero attached hydrogens (tertiary/aromatic N) is 1. The first-order chi connectivity index (χ1) is 13.5. The molecule has 2 aromatic rings. The van der Waals surface area contributed by atoms with Gasteiger partial charge in [0.25, 0.3) is 11.5 Å². The normalized spacial score (nSPS) is 31.8. The van der Waals surface area contributed by atoms with Crippen LogP contribution in [0.4, 0.5) is 0 Å². The number of fused-ring (bicyclic) bond motifs is 1. The van der Waals surface area contributed by atoms with Gasteiger partial charge in [-0.2, -0.15) is 5.10 Å². The quantitative estimate of drug-likeness (QED) is 0.834. The van der Waals surface area contributed by atoms with Crippen molar-refractivity contribution in [3.8, 4) is 0 Å². The number of ether oxygens (including phenoxy) is 1. The Morgan fingerprint density at radius 2 is 1.79 bits per heavy atom. The van der Waals surface area contributed by atoms with Crippen molar-refractivity contribution >= 4 is 16.7 Å². The Hall–Kier alpha value is -2.21. The average Bonchev–Trinajstić information content (AvgIpc) is 2.65. The van der Waals surface area contributed by atoms with Gasteiger partial charge in [-0.1, -0.05) is 18.2 Å². The minimum atomic E-state index is -0.286. The van der Waals surface area contributed by atoms with E-state index in [0.29, 0.717) is 17.3 Å². The van der Waals surface area contributed by atoms with Crippen LogP contribution in [-0.4, -0.2) is 34.4 Å². The zero-order chi connectivity index (χ0) is 19.3. The molecule has 1 aromatic heterocycles. The number of amides is 1. The van der Waals surface area contributed by atoms with E-state index in [4.69, 9.17) is 4.74 Å². The van der Waals surface area contributed by atoms with Crippen LogP contribution < -0.4 is 10.9 Å². The molecule has 148 valence electrons. The molecule has 6 rings (SSSR count). The Bertz CT molecular complexity index is 932. The molecule has 4 fully saturated rings. The van der Waals surface area contributed by atoms with Crippen LogP contribution in [0.5, 0.6) is 0 Å². The van der Waals surface area contributed by atoms with Crippen LogP contribution in [0, 0.1) is 17.8 Å². The number of aromatic amines is 1. The van der Waals surface area contributed by atoms with Gasteiger partial charge in [0.2, 0.25) is 0 Å². The van der Waals surface area contributed by atoms with Crippen molar-refractivity contribution in [2.45, 2.75) is 57.2 Å². The van der Waals surface area contributed by atoms with Crippen LogP contribution in [0.1, 0.15) is 55.9 Å². The zero-order valence-electron chi connectivity index (χ0n) is 16.2. The van der Waals surface area contributed by atoms with E-state index in [1.807, 2.05) is 6.92 Å². The Kier molecular flexibility index (Phi) is 4.27. The largest absolute Gasteiger partial charge is 0.370 e. The highest BCUT2D eigenvalue weighted by atomic mass is 16.5. The number of hydrogen-bond acceptors (Lipinski definition) is 4. The van der Waals surface area contributed by atoms with Crippen molar-refractivity contribution in [2.75, 3.05) is 6.54 Å². The average molecular weight is 381 g/mol. The molecule has 0 unspecified atom stereocenters. The summed E-state index contributed by atoms with van der Waals surface area (Å²) >= 11 is 0. The summed E-state index contributed by atoms with van der Waals surface area (Å²) in [6.45, 7) is 2.48. The number of benzene rings is 1. The Balaban J connectivity index is 1.25. The highest BCUT2D eigenvalue weighted by molar-refractivity contribution is 6.04. The third-order valence-electron chi connectivity index (χ3n) is 6.89. The molecule has 1 heterocycles. The van der Waals surface area contributed by atoms with Crippen molar-refractivity contribution in [1.29, 1.82) is 0 Å².